The third kappa shape index (κ3) is 3.58. The minimum Gasteiger partial charge on any atom is -0.469 e. The van der Waals surface area contributed by atoms with Crippen LogP contribution in [0.1, 0.15) is 35.4 Å². The van der Waals surface area contributed by atoms with Crippen LogP contribution in [-0.4, -0.2) is 54.4 Å². The summed E-state index contributed by atoms with van der Waals surface area (Å²) in [5, 5.41) is 5.52. The monoisotopic (exact) mass is 341 g/mol. The maximum absolute atomic E-state index is 13.2. The normalized spacial score (nSPS) is 24.1. The van der Waals surface area contributed by atoms with E-state index in [1.54, 1.807) is 17.9 Å². The number of hydrogen-bond acceptors (Lipinski definition) is 4. The molecule has 132 valence electrons. The van der Waals surface area contributed by atoms with Crippen molar-refractivity contribution in [3.05, 3.63) is 23.7 Å². The smallest absolute Gasteiger partial charge is 0.262 e. The van der Waals surface area contributed by atoms with Crippen LogP contribution in [-0.2, 0) is 4.79 Å². The summed E-state index contributed by atoms with van der Waals surface area (Å²) in [7, 11) is 0. The predicted molar refractivity (Wildman–Crippen MR) is 81.9 cm³/mol. The molecular formula is C16H21F2N3O3. The number of nitrogens with zero attached hydrogens (tertiary/aromatic N) is 1. The van der Waals surface area contributed by atoms with Crippen molar-refractivity contribution < 1.29 is 22.8 Å². The summed E-state index contributed by atoms with van der Waals surface area (Å²) in [6, 6.07) is 0.781. The molecular weight excluding hydrogens is 320 g/mol. The van der Waals surface area contributed by atoms with E-state index in [1.165, 1.54) is 6.26 Å². The number of piperidine rings is 1. The molecule has 0 spiro atoms. The molecule has 0 aromatic carbocycles. The van der Waals surface area contributed by atoms with Gasteiger partial charge in [-0.3, -0.25) is 14.9 Å². The van der Waals surface area contributed by atoms with Crippen LogP contribution in [0, 0.1) is 6.92 Å². The molecule has 24 heavy (non-hydrogen) atoms. The summed E-state index contributed by atoms with van der Waals surface area (Å²) >= 11 is 0. The number of furan rings is 1. The Morgan fingerprint density at radius 1 is 1.38 bits per heavy atom. The van der Waals surface area contributed by atoms with Gasteiger partial charge in [0.2, 0.25) is 5.91 Å². The Morgan fingerprint density at radius 3 is 2.62 bits per heavy atom. The standard InChI is InChI=1S/C16H21F2N3O3/c1-10-12(4-7-24-10)14(22)20-11-2-5-21(6-3-11)15(23)13-8-16(17,18)9-19-13/h4,7,11,13,19H,2-3,5-6,8-9H2,1H3,(H,20,22). The molecule has 0 saturated carbocycles. The molecule has 8 heteroatoms. The fourth-order valence-corrected chi connectivity index (χ4v) is 3.24. The van der Waals surface area contributed by atoms with E-state index in [0.717, 1.165) is 0 Å². The minimum atomic E-state index is -2.81. The largest absolute Gasteiger partial charge is 0.469 e. The highest BCUT2D eigenvalue weighted by Crippen LogP contribution is 2.26. The van der Waals surface area contributed by atoms with Gasteiger partial charge in [0.1, 0.15) is 5.76 Å². The van der Waals surface area contributed by atoms with Crippen molar-refractivity contribution in [3.8, 4) is 0 Å². The quantitative estimate of drug-likeness (QED) is 0.869. The SMILES string of the molecule is Cc1occc1C(=O)NC1CCN(C(=O)C2CC(F)(F)CN2)CC1. The highest BCUT2D eigenvalue weighted by atomic mass is 19.3. The fourth-order valence-electron chi connectivity index (χ4n) is 3.24. The van der Waals surface area contributed by atoms with Gasteiger partial charge in [0.05, 0.1) is 24.4 Å². The molecule has 1 aromatic heterocycles. The lowest BCUT2D eigenvalue weighted by Crippen LogP contribution is -2.50. The lowest BCUT2D eigenvalue weighted by molar-refractivity contribution is -0.134. The van der Waals surface area contributed by atoms with Gasteiger partial charge in [0.15, 0.2) is 0 Å². The highest BCUT2D eigenvalue weighted by molar-refractivity contribution is 5.95. The van der Waals surface area contributed by atoms with E-state index in [2.05, 4.69) is 10.6 Å². The highest BCUT2D eigenvalue weighted by Gasteiger charge is 2.43. The Balaban J connectivity index is 1.48. The second kappa shape index (κ2) is 6.51. The lowest BCUT2D eigenvalue weighted by atomic mass is 10.0. The van der Waals surface area contributed by atoms with Crippen molar-refractivity contribution in [2.75, 3.05) is 19.6 Å². The minimum absolute atomic E-state index is 0.0335. The number of carbonyl (C=O) groups excluding carboxylic acids is 2. The Labute approximate surface area is 138 Å². The number of likely N-dealkylation sites (tertiary alicyclic amines) is 1. The third-order valence-electron chi connectivity index (χ3n) is 4.65. The van der Waals surface area contributed by atoms with Crippen molar-refractivity contribution in [2.45, 2.75) is 44.2 Å². The van der Waals surface area contributed by atoms with Crippen LogP contribution in [0.5, 0.6) is 0 Å². The van der Waals surface area contributed by atoms with Gasteiger partial charge in [0, 0.05) is 25.6 Å². The Kier molecular flexibility index (Phi) is 4.58. The fraction of sp³-hybridized carbons (Fsp3) is 0.625. The molecule has 2 aliphatic heterocycles. The van der Waals surface area contributed by atoms with Crippen molar-refractivity contribution in [3.63, 3.8) is 0 Å². The van der Waals surface area contributed by atoms with Crippen LogP contribution in [0.2, 0.25) is 0 Å². The van der Waals surface area contributed by atoms with Crippen LogP contribution < -0.4 is 10.6 Å². The molecule has 3 rings (SSSR count). The average molecular weight is 341 g/mol. The molecule has 1 unspecified atom stereocenters. The first-order valence-corrected chi connectivity index (χ1v) is 8.11. The van der Waals surface area contributed by atoms with E-state index in [4.69, 9.17) is 4.42 Å². The maximum atomic E-state index is 13.2. The number of halogens is 2. The van der Waals surface area contributed by atoms with Crippen LogP contribution >= 0.6 is 0 Å². The number of alkyl halides is 2. The summed E-state index contributed by atoms with van der Waals surface area (Å²) in [6.45, 7) is 2.19. The van der Waals surface area contributed by atoms with E-state index in [0.29, 0.717) is 37.3 Å². The van der Waals surface area contributed by atoms with E-state index < -0.39 is 24.9 Å². The molecule has 1 atom stereocenters. The van der Waals surface area contributed by atoms with Crippen LogP contribution in [0.3, 0.4) is 0 Å². The molecule has 0 bridgehead atoms. The van der Waals surface area contributed by atoms with E-state index in [1.807, 2.05) is 0 Å². The third-order valence-corrected chi connectivity index (χ3v) is 4.65. The second-order valence-corrected chi connectivity index (χ2v) is 6.46. The predicted octanol–water partition coefficient (Wildman–Crippen LogP) is 1.31. The number of amides is 2. The number of nitrogens with one attached hydrogen (secondary N) is 2. The molecule has 0 radical (unpaired) electrons. The Hall–Kier alpha value is -1.96. The second-order valence-electron chi connectivity index (χ2n) is 6.46. The van der Waals surface area contributed by atoms with Crippen LogP contribution in [0.25, 0.3) is 0 Å². The molecule has 2 amide bonds. The van der Waals surface area contributed by atoms with E-state index >= 15 is 0 Å². The molecule has 1 aromatic rings. The van der Waals surface area contributed by atoms with Gasteiger partial charge in [-0.05, 0) is 25.8 Å². The summed E-state index contributed by atoms with van der Waals surface area (Å²) in [5.74, 6) is -2.71. The first kappa shape index (κ1) is 16.9. The zero-order chi connectivity index (χ0) is 17.3. The van der Waals surface area contributed by atoms with Crippen LogP contribution in [0.4, 0.5) is 8.78 Å². The molecule has 3 heterocycles. The van der Waals surface area contributed by atoms with Gasteiger partial charge in [-0.25, -0.2) is 8.78 Å². The average Bonchev–Trinajstić information content (AvgIpc) is 3.12. The van der Waals surface area contributed by atoms with Crippen molar-refractivity contribution >= 4 is 11.8 Å². The molecule has 6 nitrogen and oxygen atoms in total. The number of aryl methyl sites for hydroxylation is 1. The topological polar surface area (TPSA) is 74.6 Å². The number of rotatable bonds is 3. The summed E-state index contributed by atoms with van der Waals surface area (Å²) in [5.41, 5.74) is 0.505. The van der Waals surface area contributed by atoms with Gasteiger partial charge in [-0.15, -0.1) is 0 Å². The Morgan fingerprint density at radius 2 is 2.08 bits per heavy atom. The lowest BCUT2D eigenvalue weighted by Gasteiger charge is -2.33. The van der Waals surface area contributed by atoms with Gasteiger partial charge in [0.25, 0.3) is 11.8 Å². The van der Waals surface area contributed by atoms with Crippen molar-refractivity contribution in [2.24, 2.45) is 0 Å². The van der Waals surface area contributed by atoms with Gasteiger partial charge in [-0.1, -0.05) is 0 Å². The number of hydrogen-bond donors (Lipinski definition) is 2. The molecule has 2 saturated heterocycles. The first-order chi connectivity index (χ1) is 11.4. The zero-order valence-corrected chi connectivity index (χ0v) is 13.5. The van der Waals surface area contributed by atoms with Crippen molar-refractivity contribution in [1.29, 1.82) is 0 Å². The first-order valence-electron chi connectivity index (χ1n) is 8.11. The maximum Gasteiger partial charge on any atom is 0.262 e. The summed E-state index contributed by atoms with van der Waals surface area (Å²) in [6.07, 6.45) is 2.24. The molecule has 2 aliphatic rings. The summed E-state index contributed by atoms with van der Waals surface area (Å²) < 4.78 is 31.5. The summed E-state index contributed by atoms with van der Waals surface area (Å²) in [4.78, 5) is 26.0. The zero-order valence-electron chi connectivity index (χ0n) is 13.5. The molecule has 2 N–H and O–H groups in total. The van der Waals surface area contributed by atoms with E-state index in [-0.39, 0.29) is 17.9 Å². The number of carbonyl (C=O) groups is 2. The Bertz CT molecular complexity index is 624. The molecule has 0 aliphatic carbocycles. The van der Waals surface area contributed by atoms with E-state index in [9.17, 15) is 18.4 Å². The van der Waals surface area contributed by atoms with Crippen LogP contribution in [0.15, 0.2) is 16.7 Å². The molecule has 2 fully saturated rings. The van der Waals surface area contributed by atoms with Gasteiger partial charge in [-0.2, -0.15) is 0 Å². The van der Waals surface area contributed by atoms with Gasteiger partial charge < -0.3 is 14.6 Å². The van der Waals surface area contributed by atoms with Crippen molar-refractivity contribution in [1.82, 2.24) is 15.5 Å². The van der Waals surface area contributed by atoms with Gasteiger partial charge >= 0.3 is 0 Å².